The minimum atomic E-state index is -0.0374. The first-order chi connectivity index (χ1) is 9.59. The number of nitrogens with one attached hydrogen (secondary N) is 1. The largest absolute Gasteiger partial charge is 0.318 e. The lowest BCUT2D eigenvalue weighted by atomic mass is 9.79. The van der Waals surface area contributed by atoms with Crippen LogP contribution in [0, 0.1) is 11.8 Å². The van der Waals surface area contributed by atoms with Crippen LogP contribution in [0.2, 0.25) is 0 Å². The molecular formula is C16H24N2OS. The van der Waals surface area contributed by atoms with Crippen molar-refractivity contribution in [2.45, 2.75) is 58.3 Å². The van der Waals surface area contributed by atoms with Crippen molar-refractivity contribution in [2.75, 3.05) is 0 Å². The molecule has 3 unspecified atom stereocenters. The van der Waals surface area contributed by atoms with Gasteiger partial charge in [-0.15, -0.1) is 11.3 Å². The van der Waals surface area contributed by atoms with Gasteiger partial charge < -0.3 is 4.90 Å². The highest BCUT2D eigenvalue weighted by molar-refractivity contribution is 7.10. The Morgan fingerprint density at radius 3 is 2.60 bits per heavy atom. The maximum absolute atomic E-state index is 12.8. The van der Waals surface area contributed by atoms with Crippen LogP contribution in [0.4, 0.5) is 0 Å². The van der Waals surface area contributed by atoms with Crippen molar-refractivity contribution in [3.8, 4) is 0 Å². The van der Waals surface area contributed by atoms with Crippen molar-refractivity contribution in [1.29, 1.82) is 0 Å². The molecule has 0 radical (unpaired) electrons. The standard InChI is InChI=1S/C16H24N2OS/c1-10(2)14-16(19)18(11(3)12-6-4-7-12)15(17-14)13-8-5-9-20-13/h5,8-12,14-15,17H,4,6-7H2,1-3H3. The monoisotopic (exact) mass is 292 g/mol. The zero-order valence-corrected chi connectivity index (χ0v) is 13.3. The molecule has 0 aromatic carbocycles. The van der Waals surface area contributed by atoms with Gasteiger partial charge in [-0.25, -0.2) is 0 Å². The fourth-order valence-corrected chi connectivity index (χ4v) is 4.12. The van der Waals surface area contributed by atoms with Gasteiger partial charge in [-0.05, 0) is 43.0 Å². The lowest BCUT2D eigenvalue weighted by Crippen LogP contribution is -2.44. The number of rotatable bonds is 4. The van der Waals surface area contributed by atoms with E-state index < -0.39 is 0 Å². The number of carbonyl (C=O) groups excluding carboxylic acids is 1. The maximum Gasteiger partial charge on any atom is 0.241 e. The van der Waals surface area contributed by atoms with Gasteiger partial charge in [0.05, 0.1) is 6.04 Å². The van der Waals surface area contributed by atoms with Crippen molar-refractivity contribution in [3.05, 3.63) is 22.4 Å². The van der Waals surface area contributed by atoms with Crippen LogP contribution in [0.25, 0.3) is 0 Å². The molecule has 1 aliphatic carbocycles. The lowest BCUT2D eigenvalue weighted by Gasteiger charge is -2.39. The SMILES string of the molecule is CC(C)C1NC(c2cccs2)N(C(C)C2CCC2)C1=O. The van der Waals surface area contributed by atoms with E-state index in [-0.39, 0.29) is 18.1 Å². The predicted molar refractivity (Wildman–Crippen MR) is 82.5 cm³/mol. The molecular weight excluding hydrogens is 268 g/mol. The van der Waals surface area contributed by atoms with Crippen LogP contribution >= 0.6 is 11.3 Å². The number of carbonyl (C=O) groups is 1. The zero-order valence-electron chi connectivity index (χ0n) is 12.5. The number of nitrogens with zero attached hydrogens (tertiary/aromatic N) is 1. The second-order valence-corrected chi connectivity index (χ2v) is 7.46. The van der Waals surface area contributed by atoms with Crippen molar-refractivity contribution >= 4 is 17.2 Å². The van der Waals surface area contributed by atoms with Crippen LogP contribution < -0.4 is 5.32 Å². The summed E-state index contributed by atoms with van der Waals surface area (Å²) in [5.41, 5.74) is 0. The molecule has 20 heavy (non-hydrogen) atoms. The van der Waals surface area contributed by atoms with Gasteiger partial charge in [0.2, 0.25) is 5.91 Å². The quantitative estimate of drug-likeness (QED) is 0.922. The van der Waals surface area contributed by atoms with E-state index in [4.69, 9.17) is 0 Å². The topological polar surface area (TPSA) is 32.3 Å². The van der Waals surface area contributed by atoms with Crippen molar-refractivity contribution in [1.82, 2.24) is 10.2 Å². The van der Waals surface area contributed by atoms with E-state index in [1.165, 1.54) is 24.1 Å². The number of amides is 1. The van der Waals surface area contributed by atoms with Gasteiger partial charge in [-0.2, -0.15) is 0 Å². The minimum absolute atomic E-state index is 0.0374. The van der Waals surface area contributed by atoms with E-state index in [2.05, 4.69) is 48.5 Å². The van der Waals surface area contributed by atoms with Gasteiger partial charge >= 0.3 is 0 Å². The van der Waals surface area contributed by atoms with E-state index in [1.807, 2.05) is 0 Å². The normalized spacial score (nSPS) is 29.0. The summed E-state index contributed by atoms with van der Waals surface area (Å²) < 4.78 is 0. The molecule has 3 atom stereocenters. The molecule has 1 N–H and O–H groups in total. The van der Waals surface area contributed by atoms with Crippen LogP contribution in [0.5, 0.6) is 0 Å². The van der Waals surface area contributed by atoms with Gasteiger partial charge in [-0.1, -0.05) is 26.3 Å². The fourth-order valence-electron chi connectivity index (χ4n) is 3.34. The Kier molecular flexibility index (Phi) is 3.87. The van der Waals surface area contributed by atoms with Crippen LogP contribution in [0.15, 0.2) is 17.5 Å². The molecule has 1 saturated carbocycles. The van der Waals surface area contributed by atoms with Crippen molar-refractivity contribution < 1.29 is 4.79 Å². The predicted octanol–water partition coefficient (Wildman–Crippen LogP) is 3.39. The van der Waals surface area contributed by atoms with Crippen molar-refractivity contribution in [2.24, 2.45) is 11.8 Å². The van der Waals surface area contributed by atoms with Gasteiger partial charge in [0.15, 0.2) is 0 Å². The number of thiophene rings is 1. The summed E-state index contributed by atoms with van der Waals surface area (Å²) >= 11 is 1.74. The third-order valence-corrected chi connectivity index (χ3v) is 5.81. The average molecular weight is 292 g/mol. The average Bonchev–Trinajstić information content (AvgIpc) is 2.92. The van der Waals surface area contributed by atoms with Crippen LogP contribution in [-0.4, -0.2) is 22.9 Å². The molecule has 1 amide bonds. The second-order valence-electron chi connectivity index (χ2n) is 6.48. The summed E-state index contributed by atoms with van der Waals surface area (Å²) in [7, 11) is 0. The molecule has 4 heteroatoms. The molecule has 1 saturated heterocycles. The maximum atomic E-state index is 12.8. The van der Waals surface area contributed by atoms with E-state index in [9.17, 15) is 4.79 Å². The molecule has 0 spiro atoms. The van der Waals surface area contributed by atoms with Crippen LogP contribution in [-0.2, 0) is 4.79 Å². The Labute approximate surface area is 125 Å². The number of hydrogen-bond donors (Lipinski definition) is 1. The first kappa shape index (κ1) is 14.1. The first-order valence-electron chi connectivity index (χ1n) is 7.71. The highest BCUT2D eigenvalue weighted by Crippen LogP contribution is 2.39. The summed E-state index contributed by atoms with van der Waals surface area (Å²) in [5.74, 6) is 1.32. The Hall–Kier alpha value is -0.870. The smallest absolute Gasteiger partial charge is 0.241 e. The highest BCUT2D eigenvalue weighted by atomic mass is 32.1. The molecule has 3 rings (SSSR count). The third-order valence-electron chi connectivity index (χ3n) is 4.89. The van der Waals surface area contributed by atoms with E-state index >= 15 is 0 Å². The van der Waals surface area contributed by atoms with E-state index in [1.54, 1.807) is 11.3 Å². The summed E-state index contributed by atoms with van der Waals surface area (Å²) in [6.07, 6.45) is 3.94. The molecule has 1 aromatic rings. The summed E-state index contributed by atoms with van der Waals surface area (Å²) in [6.45, 7) is 6.48. The summed E-state index contributed by atoms with van der Waals surface area (Å²) in [6, 6.07) is 4.52. The Morgan fingerprint density at radius 1 is 1.35 bits per heavy atom. The Balaban J connectivity index is 1.87. The number of hydrogen-bond acceptors (Lipinski definition) is 3. The van der Waals surface area contributed by atoms with Crippen molar-refractivity contribution in [3.63, 3.8) is 0 Å². The minimum Gasteiger partial charge on any atom is -0.318 e. The van der Waals surface area contributed by atoms with Gasteiger partial charge in [-0.3, -0.25) is 10.1 Å². The Morgan fingerprint density at radius 2 is 2.10 bits per heavy atom. The molecule has 1 aliphatic heterocycles. The third kappa shape index (κ3) is 2.29. The molecule has 0 bridgehead atoms. The van der Waals surface area contributed by atoms with E-state index in [0.29, 0.717) is 17.9 Å². The first-order valence-corrected chi connectivity index (χ1v) is 8.59. The highest BCUT2D eigenvalue weighted by Gasteiger charge is 2.45. The summed E-state index contributed by atoms with van der Waals surface area (Å²) in [5, 5.41) is 5.66. The van der Waals surface area contributed by atoms with Crippen LogP contribution in [0.1, 0.15) is 51.1 Å². The molecule has 2 fully saturated rings. The van der Waals surface area contributed by atoms with E-state index in [0.717, 1.165) is 0 Å². The Bertz CT molecular complexity index is 467. The lowest BCUT2D eigenvalue weighted by molar-refractivity contribution is -0.134. The summed E-state index contributed by atoms with van der Waals surface area (Å²) in [4.78, 5) is 16.2. The fraction of sp³-hybridized carbons (Fsp3) is 0.688. The van der Waals surface area contributed by atoms with Gasteiger partial charge in [0.25, 0.3) is 0 Å². The molecule has 1 aromatic heterocycles. The van der Waals surface area contributed by atoms with Gasteiger partial charge in [0.1, 0.15) is 6.17 Å². The molecule has 3 nitrogen and oxygen atoms in total. The molecule has 2 heterocycles. The second kappa shape index (κ2) is 5.49. The van der Waals surface area contributed by atoms with Gasteiger partial charge in [0, 0.05) is 10.9 Å². The molecule has 110 valence electrons. The zero-order chi connectivity index (χ0) is 14.3. The van der Waals surface area contributed by atoms with Crippen LogP contribution in [0.3, 0.4) is 0 Å². The molecule has 2 aliphatic rings.